The number of nitrogens with one attached hydrogen (secondary N) is 1. The lowest BCUT2D eigenvalue weighted by Crippen LogP contribution is -2.28. The Hall–Kier alpha value is -2.22. The molecule has 2 aromatic rings. The second-order valence-electron chi connectivity index (χ2n) is 10.6. The molecule has 0 aliphatic heterocycles. The molecule has 0 unspecified atom stereocenters. The summed E-state index contributed by atoms with van der Waals surface area (Å²) in [5.74, 6) is -0.882. The first-order chi connectivity index (χ1) is 19.3. The minimum absolute atomic E-state index is 0.0504. The van der Waals surface area contributed by atoms with E-state index < -0.39 is 15.9 Å². The van der Waals surface area contributed by atoms with Gasteiger partial charge >= 0.3 is 0 Å². The number of hydrogen-bond donors (Lipinski definition) is 1. The topological polar surface area (TPSA) is 83.6 Å². The van der Waals surface area contributed by atoms with E-state index in [-0.39, 0.29) is 27.8 Å². The molecule has 0 bridgehead atoms. The van der Waals surface area contributed by atoms with Crippen molar-refractivity contribution in [2.75, 3.05) is 18.9 Å². The van der Waals surface area contributed by atoms with Crippen molar-refractivity contribution < 1.29 is 18.0 Å². The predicted molar refractivity (Wildman–Crippen MR) is 166 cm³/mol. The lowest BCUT2D eigenvalue weighted by Gasteiger charge is -2.18. The van der Waals surface area contributed by atoms with Crippen molar-refractivity contribution in [3.8, 4) is 0 Å². The van der Waals surface area contributed by atoms with Gasteiger partial charge in [-0.3, -0.25) is 9.59 Å². The Balaban J connectivity index is 1.70. The summed E-state index contributed by atoms with van der Waals surface area (Å²) in [4.78, 5) is 24.8. The van der Waals surface area contributed by atoms with Gasteiger partial charge in [-0.25, -0.2) is 12.7 Å². The summed E-state index contributed by atoms with van der Waals surface area (Å²) in [6.07, 6.45) is 17.1. The van der Waals surface area contributed by atoms with Crippen molar-refractivity contribution in [3.63, 3.8) is 0 Å². The van der Waals surface area contributed by atoms with E-state index in [1.807, 2.05) is 0 Å². The highest BCUT2D eigenvalue weighted by atomic mass is 35.5. The smallest absolute Gasteiger partial charge is 0.242 e. The molecule has 0 aliphatic carbocycles. The SMILES string of the molecule is CCCCCCCCCCCCCCCCN(C)S(=O)(=O)c1ccc(Cl)c(NC(=O)CC(=O)c2ccccc2)c1. The minimum atomic E-state index is -3.74. The highest BCUT2D eigenvalue weighted by Crippen LogP contribution is 2.27. The summed E-state index contributed by atoms with van der Waals surface area (Å²) < 4.78 is 27.6. The Morgan fingerprint density at radius 2 is 1.30 bits per heavy atom. The van der Waals surface area contributed by atoms with E-state index in [2.05, 4.69) is 12.2 Å². The number of hydrogen-bond acceptors (Lipinski definition) is 4. The molecule has 0 saturated carbocycles. The van der Waals surface area contributed by atoms with Gasteiger partial charge in [-0.15, -0.1) is 0 Å². The summed E-state index contributed by atoms with van der Waals surface area (Å²) in [7, 11) is -2.17. The third-order valence-electron chi connectivity index (χ3n) is 7.16. The molecular formula is C32H47ClN2O4S. The van der Waals surface area contributed by atoms with Crippen LogP contribution in [0.5, 0.6) is 0 Å². The standard InChI is InChI=1S/C32H47ClN2O4S/c1-3-4-5-6-7-8-9-10-11-12-13-14-15-19-24-35(2)40(38,39)28-22-23-29(33)30(25-28)34-32(37)26-31(36)27-20-17-16-18-21-27/h16-18,20-23,25H,3-15,19,24,26H2,1-2H3,(H,34,37). The van der Waals surface area contributed by atoms with E-state index in [0.717, 1.165) is 19.3 Å². The molecule has 0 radical (unpaired) electrons. The normalized spacial score (nSPS) is 11.6. The molecule has 0 spiro atoms. The van der Waals surface area contributed by atoms with Crippen molar-refractivity contribution in [1.82, 2.24) is 4.31 Å². The molecule has 6 nitrogen and oxygen atoms in total. The van der Waals surface area contributed by atoms with E-state index in [9.17, 15) is 18.0 Å². The lowest BCUT2D eigenvalue weighted by atomic mass is 10.0. The van der Waals surface area contributed by atoms with Crippen LogP contribution in [0.1, 0.15) is 114 Å². The molecule has 0 saturated heterocycles. The quantitative estimate of drug-likeness (QED) is 0.0895. The third kappa shape index (κ3) is 12.5. The minimum Gasteiger partial charge on any atom is -0.324 e. The van der Waals surface area contributed by atoms with Crippen molar-refractivity contribution in [2.45, 2.75) is 108 Å². The van der Waals surface area contributed by atoms with Gasteiger partial charge in [0.1, 0.15) is 0 Å². The second-order valence-corrected chi connectivity index (χ2v) is 13.0. The summed E-state index contributed by atoms with van der Waals surface area (Å²) >= 11 is 6.22. The number of halogens is 1. The van der Waals surface area contributed by atoms with E-state index in [1.54, 1.807) is 37.4 Å². The Bertz CT molecular complexity index is 1140. The summed E-state index contributed by atoms with van der Waals surface area (Å²) in [5, 5.41) is 2.79. The van der Waals surface area contributed by atoms with Crippen LogP contribution in [-0.4, -0.2) is 38.0 Å². The molecule has 0 heterocycles. The Morgan fingerprint density at radius 3 is 1.85 bits per heavy atom. The van der Waals surface area contributed by atoms with Crippen molar-refractivity contribution >= 4 is 39.0 Å². The van der Waals surface area contributed by atoms with Gasteiger partial charge in [0.05, 0.1) is 22.0 Å². The number of amides is 1. The van der Waals surface area contributed by atoms with Crippen LogP contribution in [0.15, 0.2) is 53.4 Å². The fourth-order valence-corrected chi connectivity index (χ4v) is 6.06. The zero-order valence-corrected chi connectivity index (χ0v) is 25.9. The van der Waals surface area contributed by atoms with Gasteiger partial charge in [0.25, 0.3) is 0 Å². The number of anilines is 1. The van der Waals surface area contributed by atoms with Gasteiger partial charge in [0, 0.05) is 19.2 Å². The molecular weight excluding hydrogens is 544 g/mol. The second kappa shape index (κ2) is 19.0. The average molecular weight is 591 g/mol. The maximum Gasteiger partial charge on any atom is 0.242 e. The predicted octanol–water partition coefficient (Wildman–Crippen LogP) is 8.65. The summed E-state index contributed by atoms with van der Waals surface area (Å²) in [5.41, 5.74) is 0.601. The number of ketones is 1. The molecule has 2 aromatic carbocycles. The number of Topliss-reactive ketones (excluding diaryl/α,β-unsaturated/α-hetero) is 1. The largest absolute Gasteiger partial charge is 0.324 e. The zero-order valence-electron chi connectivity index (χ0n) is 24.3. The van der Waals surface area contributed by atoms with Crippen LogP contribution in [0, 0.1) is 0 Å². The molecule has 0 atom stereocenters. The fourth-order valence-electron chi connectivity index (χ4n) is 4.66. The van der Waals surface area contributed by atoms with Crippen LogP contribution in [0.4, 0.5) is 5.69 Å². The molecule has 40 heavy (non-hydrogen) atoms. The lowest BCUT2D eigenvalue weighted by molar-refractivity contribution is -0.115. The van der Waals surface area contributed by atoms with Crippen LogP contribution < -0.4 is 5.32 Å². The first-order valence-corrected chi connectivity index (χ1v) is 16.7. The molecule has 1 N–H and O–H groups in total. The van der Waals surface area contributed by atoms with Crippen LogP contribution in [0.25, 0.3) is 0 Å². The average Bonchev–Trinajstić information content (AvgIpc) is 2.94. The highest BCUT2D eigenvalue weighted by molar-refractivity contribution is 7.89. The summed E-state index contributed by atoms with van der Waals surface area (Å²) in [6.45, 7) is 2.68. The van der Waals surface area contributed by atoms with Crippen LogP contribution in [-0.2, 0) is 14.8 Å². The number of benzene rings is 2. The number of unbranched alkanes of at least 4 members (excludes halogenated alkanes) is 13. The molecule has 0 aromatic heterocycles. The van der Waals surface area contributed by atoms with Gasteiger partial charge < -0.3 is 5.32 Å². The number of nitrogens with zero attached hydrogens (tertiary/aromatic N) is 1. The molecule has 222 valence electrons. The van der Waals surface area contributed by atoms with Gasteiger partial charge in [0.2, 0.25) is 15.9 Å². The van der Waals surface area contributed by atoms with Crippen molar-refractivity contribution in [1.29, 1.82) is 0 Å². The van der Waals surface area contributed by atoms with Crippen molar-refractivity contribution in [2.24, 2.45) is 0 Å². The Labute approximate surface area is 246 Å². The molecule has 0 aliphatic rings. The first-order valence-electron chi connectivity index (χ1n) is 14.9. The third-order valence-corrected chi connectivity index (χ3v) is 9.35. The molecule has 2 rings (SSSR count). The molecule has 8 heteroatoms. The van der Waals surface area contributed by atoms with Crippen LogP contribution >= 0.6 is 11.6 Å². The van der Waals surface area contributed by atoms with E-state index in [1.165, 1.54) is 93.1 Å². The van der Waals surface area contributed by atoms with Gasteiger partial charge in [0.15, 0.2) is 5.78 Å². The highest BCUT2D eigenvalue weighted by Gasteiger charge is 2.22. The zero-order chi connectivity index (χ0) is 29.2. The molecule has 0 fully saturated rings. The number of carbonyl (C=O) groups is 2. The van der Waals surface area contributed by atoms with E-state index >= 15 is 0 Å². The van der Waals surface area contributed by atoms with Crippen LogP contribution in [0.2, 0.25) is 5.02 Å². The summed E-state index contributed by atoms with van der Waals surface area (Å²) in [6, 6.07) is 12.8. The van der Waals surface area contributed by atoms with E-state index in [0.29, 0.717) is 12.1 Å². The van der Waals surface area contributed by atoms with Gasteiger partial charge in [-0.2, -0.15) is 0 Å². The molecule has 1 amide bonds. The number of rotatable bonds is 21. The van der Waals surface area contributed by atoms with Gasteiger partial charge in [-0.05, 0) is 24.6 Å². The number of sulfonamides is 1. The monoisotopic (exact) mass is 590 g/mol. The fraction of sp³-hybridized carbons (Fsp3) is 0.562. The number of carbonyl (C=O) groups excluding carboxylic acids is 2. The Kier molecular flexibility index (Phi) is 16.1. The van der Waals surface area contributed by atoms with Crippen LogP contribution in [0.3, 0.4) is 0 Å². The Morgan fingerprint density at radius 1 is 0.775 bits per heavy atom. The maximum absolute atomic E-state index is 13.1. The van der Waals surface area contributed by atoms with Gasteiger partial charge in [-0.1, -0.05) is 132 Å². The van der Waals surface area contributed by atoms with E-state index in [4.69, 9.17) is 11.6 Å². The first kappa shape index (κ1) is 34.0. The maximum atomic E-state index is 13.1. The van der Waals surface area contributed by atoms with Crippen molar-refractivity contribution in [3.05, 3.63) is 59.1 Å².